The van der Waals surface area contributed by atoms with Crippen molar-refractivity contribution in [3.8, 4) is 0 Å². The summed E-state index contributed by atoms with van der Waals surface area (Å²) in [5, 5.41) is 0. The van der Waals surface area contributed by atoms with E-state index in [1.807, 2.05) is 24.3 Å². The van der Waals surface area contributed by atoms with Gasteiger partial charge in [-0.1, -0.05) is 18.2 Å². The summed E-state index contributed by atoms with van der Waals surface area (Å²) in [4.78, 5) is 0. The van der Waals surface area contributed by atoms with E-state index in [-0.39, 0.29) is 18.2 Å². The fraction of sp³-hybridized carbons (Fsp3) is 0.455. The highest BCUT2D eigenvalue weighted by atomic mass is 35.5. The third kappa shape index (κ3) is 2.91. The van der Waals surface area contributed by atoms with Gasteiger partial charge in [-0.15, -0.1) is 12.4 Å². The molecule has 2 N–H and O–H groups in total. The van der Waals surface area contributed by atoms with Crippen LogP contribution in [0.25, 0.3) is 0 Å². The van der Waals surface area contributed by atoms with Gasteiger partial charge in [-0.25, -0.2) is 8.42 Å². The SMILES string of the molecule is Cl.NCc1ccccc1N1CCCCS1(=O)=O. The summed E-state index contributed by atoms with van der Waals surface area (Å²) in [7, 11) is -3.13. The average molecular weight is 277 g/mol. The number of nitrogens with two attached hydrogens (primary N) is 1. The lowest BCUT2D eigenvalue weighted by molar-refractivity contribution is 0.574. The fourth-order valence-corrected chi connectivity index (χ4v) is 3.66. The molecule has 1 aliphatic rings. The summed E-state index contributed by atoms with van der Waals surface area (Å²) in [6.07, 6.45) is 1.67. The van der Waals surface area contributed by atoms with Crippen molar-refractivity contribution < 1.29 is 8.42 Å². The van der Waals surface area contributed by atoms with Crippen LogP contribution in [0.3, 0.4) is 0 Å². The zero-order valence-corrected chi connectivity index (χ0v) is 11.1. The van der Waals surface area contributed by atoms with E-state index in [2.05, 4.69) is 0 Å². The highest BCUT2D eigenvalue weighted by molar-refractivity contribution is 7.92. The Morgan fingerprint density at radius 2 is 1.94 bits per heavy atom. The topological polar surface area (TPSA) is 63.4 Å². The first-order chi connectivity index (χ1) is 7.65. The number of benzene rings is 1. The third-order valence-corrected chi connectivity index (χ3v) is 4.68. The second kappa shape index (κ2) is 5.71. The molecule has 1 aliphatic heterocycles. The van der Waals surface area contributed by atoms with Crippen LogP contribution in [0.2, 0.25) is 0 Å². The van der Waals surface area contributed by atoms with Crippen LogP contribution in [0.15, 0.2) is 24.3 Å². The van der Waals surface area contributed by atoms with E-state index in [0.29, 0.717) is 13.1 Å². The van der Waals surface area contributed by atoms with Crippen molar-refractivity contribution in [3.05, 3.63) is 29.8 Å². The van der Waals surface area contributed by atoms with Crippen molar-refractivity contribution in [2.24, 2.45) is 5.73 Å². The van der Waals surface area contributed by atoms with E-state index < -0.39 is 10.0 Å². The van der Waals surface area contributed by atoms with Crippen LogP contribution in [0, 0.1) is 0 Å². The lowest BCUT2D eigenvalue weighted by atomic mass is 10.1. The molecule has 1 saturated heterocycles. The van der Waals surface area contributed by atoms with Crippen molar-refractivity contribution in [1.29, 1.82) is 0 Å². The van der Waals surface area contributed by atoms with E-state index in [0.717, 1.165) is 24.1 Å². The van der Waals surface area contributed by atoms with Crippen molar-refractivity contribution in [3.63, 3.8) is 0 Å². The number of sulfonamides is 1. The Bertz CT molecular complexity index is 476. The van der Waals surface area contributed by atoms with Crippen LogP contribution < -0.4 is 10.0 Å². The molecule has 0 atom stereocenters. The molecule has 96 valence electrons. The molecule has 0 aromatic heterocycles. The van der Waals surface area contributed by atoms with Crippen LogP contribution in [0.1, 0.15) is 18.4 Å². The van der Waals surface area contributed by atoms with Crippen LogP contribution in [0.5, 0.6) is 0 Å². The number of rotatable bonds is 2. The first kappa shape index (κ1) is 14.3. The van der Waals surface area contributed by atoms with Crippen LogP contribution in [-0.2, 0) is 16.6 Å². The minimum atomic E-state index is -3.13. The Labute approximate surface area is 108 Å². The lowest BCUT2D eigenvalue weighted by Gasteiger charge is -2.29. The molecule has 0 bridgehead atoms. The van der Waals surface area contributed by atoms with Gasteiger partial charge in [0.15, 0.2) is 0 Å². The molecule has 0 aliphatic carbocycles. The number of nitrogens with zero attached hydrogens (tertiary/aromatic N) is 1. The molecule has 1 fully saturated rings. The molecule has 0 spiro atoms. The van der Waals surface area contributed by atoms with Crippen LogP contribution in [-0.4, -0.2) is 20.7 Å². The highest BCUT2D eigenvalue weighted by Crippen LogP contribution is 2.26. The average Bonchev–Trinajstić information content (AvgIpc) is 2.28. The van der Waals surface area contributed by atoms with Crippen molar-refractivity contribution in [2.45, 2.75) is 19.4 Å². The molecule has 0 saturated carbocycles. The molecular formula is C11H17ClN2O2S. The molecule has 6 heteroatoms. The van der Waals surface area contributed by atoms with E-state index in [9.17, 15) is 8.42 Å². The molecule has 1 heterocycles. The summed E-state index contributed by atoms with van der Waals surface area (Å²) in [5.74, 6) is 0.242. The maximum Gasteiger partial charge on any atom is 0.235 e. The van der Waals surface area contributed by atoms with Gasteiger partial charge in [0.1, 0.15) is 0 Å². The van der Waals surface area contributed by atoms with Crippen LogP contribution >= 0.6 is 12.4 Å². The normalized spacial score (nSPS) is 18.5. The monoisotopic (exact) mass is 276 g/mol. The van der Waals surface area contributed by atoms with Crippen LogP contribution in [0.4, 0.5) is 5.69 Å². The lowest BCUT2D eigenvalue weighted by Crippen LogP contribution is -2.38. The Kier molecular flexibility index (Phi) is 4.80. The predicted molar refractivity (Wildman–Crippen MR) is 71.9 cm³/mol. The zero-order chi connectivity index (χ0) is 11.6. The van der Waals surface area contributed by atoms with E-state index in [1.54, 1.807) is 0 Å². The molecule has 1 aromatic carbocycles. The van der Waals surface area contributed by atoms with Crippen molar-refractivity contribution in [2.75, 3.05) is 16.6 Å². The number of hydrogen-bond donors (Lipinski definition) is 1. The first-order valence-corrected chi connectivity index (χ1v) is 7.04. The molecule has 17 heavy (non-hydrogen) atoms. The molecule has 0 unspecified atom stereocenters. The number of hydrogen-bond acceptors (Lipinski definition) is 3. The summed E-state index contributed by atoms with van der Waals surface area (Å²) in [5.41, 5.74) is 7.25. The van der Waals surface area contributed by atoms with Gasteiger partial charge in [-0.05, 0) is 24.5 Å². The standard InChI is InChI=1S/C11H16N2O2S.ClH/c12-9-10-5-1-2-6-11(10)13-7-3-4-8-16(13,14)15;/h1-2,5-6H,3-4,7-9,12H2;1H. The number of anilines is 1. The largest absolute Gasteiger partial charge is 0.326 e. The Hall–Kier alpha value is -0.780. The predicted octanol–water partition coefficient (Wildman–Crippen LogP) is 1.50. The molecule has 4 nitrogen and oxygen atoms in total. The van der Waals surface area contributed by atoms with Crippen molar-refractivity contribution >= 4 is 28.1 Å². The van der Waals surface area contributed by atoms with E-state index in [1.165, 1.54) is 4.31 Å². The summed E-state index contributed by atoms with van der Waals surface area (Å²) in [6, 6.07) is 7.42. The Morgan fingerprint density at radius 3 is 2.59 bits per heavy atom. The van der Waals surface area contributed by atoms with Gasteiger partial charge in [0.25, 0.3) is 0 Å². The van der Waals surface area contributed by atoms with Gasteiger partial charge in [-0.3, -0.25) is 4.31 Å². The van der Waals surface area contributed by atoms with Gasteiger partial charge in [-0.2, -0.15) is 0 Å². The summed E-state index contributed by atoms with van der Waals surface area (Å²) >= 11 is 0. The molecule has 1 aromatic rings. The van der Waals surface area contributed by atoms with Gasteiger partial charge < -0.3 is 5.73 Å². The molecule has 0 radical (unpaired) electrons. The maximum atomic E-state index is 11.9. The molecule has 2 rings (SSSR count). The third-order valence-electron chi connectivity index (χ3n) is 2.83. The quantitative estimate of drug-likeness (QED) is 0.890. The number of halogens is 1. The maximum absolute atomic E-state index is 11.9. The second-order valence-corrected chi connectivity index (χ2v) is 5.94. The van der Waals surface area contributed by atoms with Gasteiger partial charge in [0.05, 0.1) is 11.4 Å². The number of para-hydroxylation sites is 1. The van der Waals surface area contributed by atoms with Gasteiger partial charge >= 0.3 is 0 Å². The second-order valence-electron chi connectivity index (χ2n) is 3.93. The first-order valence-electron chi connectivity index (χ1n) is 5.43. The van der Waals surface area contributed by atoms with Gasteiger partial charge in [0, 0.05) is 13.1 Å². The molecular weight excluding hydrogens is 260 g/mol. The van der Waals surface area contributed by atoms with Crippen molar-refractivity contribution in [1.82, 2.24) is 0 Å². The summed E-state index contributed by atoms with van der Waals surface area (Å²) in [6.45, 7) is 0.932. The zero-order valence-electron chi connectivity index (χ0n) is 9.50. The minimum absolute atomic E-state index is 0. The Morgan fingerprint density at radius 1 is 1.24 bits per heavy atom. The molecule has 0 amide bonds. The fourth-order valence-electron chi connectivity index (χ4n) is 1.99. The highest BCUT2D eigenvalue weighted by Gasteiger charge is 2.26. The van der Waals surface area contributed by atoms with E-state index >= 15 is 0 Å². The summed E-state index contributed by atoms with van der Waals surface area (Å²) < 4.78 is 25.4. The van der Waals surface area contributed by atoms with E-state index in [4.69, 9.17) is 5.73 Å². The Balaban J connectivity index is 0.00000144. The minimum Gasteiger partial charge on any atom is -0.326 e. The van der Waals surface area contributed by atoms with Gasteiger partial charge in [0.2, 0.25) is 10.0 Å². The smallest absolute Gasteiger partial charge is 0.235 e.